The van der Waals surface area contributed by atoms with Gasteiger partial charge in [-0.25, -0.2) is 4.98 Å². The van der Waals surface area contributed by atoms with E-state index in [1.807, 2.05) is 0 Å². The van der Waals surface area contributed by atoms with Crippen molar-refractivity contribution in [1.82, 2.24) is 25.5 Å². The zero-order valence-corrected chi connectivity index (χ0v) is 10.1. The van der Waals surface area contributed by atoms with E-state index in [9.17, 15) is 9.59 Å². The first-order valence-electron chi connectivity index (χ1n) is 6.02. The Balaban J connectivity index is 1.71. The van der Waals surface area contributed by atoms with Gasteiger partial charge in [0.1, 0.15) is 0 Å². The fourth-order valence-corrected chi connectivity index (χ4v) is 1.82. The molecular formula is C11H17N5O2. The van der Waals surface area contributed by atoms with Crippen LogP contribution in [0.15, 0.2) is 12.5 Å². The number of carbonyl (C=O) groups excluding carboxylic acids is 2. The lowest BCUT2D eigenvalue weighted by Crippen LogP contribution is -2.51. The standard InChI is InChI=1S/C11H17N5O2/c17-10(11(18)16-5-3-12-4-6-16)14-2-1-9-7-13-8-15-9/h7-8,12H,1-6H2,(H,13,15)(H,14,17). The molecule has 1 aromatic rings. The summed E-state index contributed by atoms with van der Waals surface area (Å²) in [4.78, 5) is 31.8. The van der Waals surface area contributed by atoms with E-state index in [2.05, 4.69) is 20.6 Å². The van der Waals surface area contributed by atoms with Gasteiger partial charge in [0.25, 0.3) is 0 Å². The maximum absolute atomic E-state index is 11.8. The van der Waals surface area contributed by atoms with Gasteiger partial charge < -0.3 is 20.5 Å². The summed E-state index contributed by atoms with van der Waals surface area (Å²) < 4.78 is 0. The monoisotopic (exact) mass is 251 g/mol. The normalized spacial score (nSPS) is 15.4. The van der Waals surface area contributed by atoms with Crippen molar-refractivity contribution >= 4 is 11.8 Å². The molecule has 1 aliphatic heterocycles. The maximum Gasteiger partial charge on any atom is 0.311 e. The molecule has 2 rings (SSSR count). The van der Waals surface area contributed by atoms with Crippen LogP contribution < -0.4 is 10.6 Å². The van der Waals surface area contributed by atoms with Crippen molar-refractivity contribution in [3.8, 4) is 0 Å². The van der Waals surface area contributed by atoms with E-state index in [-0.39, 0.29) is 0 Å². The van der Waals surface area contributed by atoms with E-state index in [1.54, 1.807) is 17.4 Å². The van der Waals surface area contributed by atoms with Crippen LogP contribution in [0.25, 0.3) is 0 Å². The predicted octanol–water partition coefficient (Wildman–Crippen LogP) is -1.50. The lowest BCUT2D eigenvalue weighted by Gasteiger charge is -2.26. The van der Waals surface area contributed by atoms with Gasteiger partial charge in [-0.3, -0.25) is 9.59 Å². The van der Waals surface area contributed by atoms with Crippen molar-refractivity contribution in [2.75, 3.05) is 32.7 Å². The second-order valence-corrected chi connectivity index (χ2v) is 4.12. The summed E-state index contributed by atoms with van der Waals surface area (Å²) in [6.07, 6.45) is 3.92. The summed E-state index contributed by atoms with van der Waals surface area (Å²) in [6, 6.07) is 0. The molecule has 18 heavy (non-hydrogen) atoms. The molecule has 1 aliphatic rings. The third kappa shape index (κ3) is 3.30. The molecule has 3 N–H and O–H groups in total. The van der Waals surface area contributed by atoms with Crippen LogP contribution in [0, 0.1) is 0 Å². The number of hydrogen-bond donors (Lipinski definition) is 3. The molecule has 2 heterocycles. The zero-order chi connectivity index (χ0) is 12.8. The molecule has 98 valence electrons. The van der Waals surface area contributed by atoms with Gasteiger partial charge >= 0.3 is 11.8 Å². The number of aromatic amines is 1. The van der Waals surface area contributed by atoms with Crippen LogP contribution in [0.3, 0.4) is 0 Å². The number of rotatable bonds is 3. The lowest BCUT2D eigenvalue weighted by atomic mass is 10.3. The highest BCUT2D eigenvalue weighted by molar-refractivity contribution is 6.35. The number of H-pyrrole nitrogens is 1. The first-order valence-corrected chi connectivity index (χ1v) is 6.02. The van der Waals surface area contributed by atoms with Crippen molar-refractivity contribution < 1.29 is 9.59 Å². The van der Waals surface area contributed by atoms with Gasteiger partial charge in [-0.2, -0.15) is 0 Å². The Labute approximate surface area is 105 Å². The molecule has 0 radical (unpaired) electrons. The molecule has 7 nitrogen and oxygen atoms in total. The van der Waals surface area contributed by atoms with Crippen LogP contribution in [0.1, 0.15) is 5.69 Å². The Morgan fingerprint density at radius 1 is 1.39 bits per heavy atom. The fraction of sp³-hybridized carbons (Fsp3) is 0.545. The number of amides is 2. The van der Waals surface area contributed by atoms with Gasteiger partial charge in [0.15, 0.2) is 0 Å². The van der Waals surface area contributed by atoms with Crippen molar-refractivity contribution in [2.24, 2.45) is 0 Å². The van der Waals surface area contributed by atoms with E-state index in [0.717, 1.165) is 18.8 Å². The van der Waals surface area contributed by atoms with Crippen LogP contribution >= 0.6 is 0 Å². The smallest absolute Gasteiger partial charge is 0.311 e. The minimum absolute atomic E-state index is 0.429. The molecule has 1 aromatic heterocycles. The van der Waals surface area contributed by atoms with E-state index in [4.69, 9.17) is 0 Å². The third-order valence-electron chi connectivity index (χ3n) is 2.83. The van der Waals surface area contributed by atoms with Gasteiger partial charge in [-0.1, -0.05) is 0 Å². The van der Waals surface area contributed by atoms with Gasteiger partial charge in [0.05, 0.1) is 6.33 Å². The largest absolute Gasteiger partial charge is 0.348 e. The zero-order valence-electron chi connectivity index (χ0n) is 10.1. The molecule has 0 spiro atoms. The summed E-state index contributed by atoms with van der Waals surface area (Å²) in [5.41, 5.74) is 0.935. The van der Waals surface area contributed by atoms with Gasteiger partial charge in [-0.05, 0) is 0 Å². The molecule has 7 heteroatoms. The molecule has 0 aromatic carbocycles. The molecule has 0 atom stereocenters. The highest BCUT2D eigenvalue weighted by Crippen LogP contribution is 1.94. The number of nitrogens with zero attached hydrogens (tertiary/aromatic N) is 2. The van der Waals surface area contributed by atoms with Gasteiger partial charge in [-0.15, -0.1) is 0 Å². The molecule has 1 fully saturated rings. The van der Waals surface area contributed by atoms with Crippen LogP contribution in [-0.2, 0) is 16.0 Å². The highest BCUT2D eigenvalue weighted by atomic mass is 16.2. The Hall–Kier alpha value is -1.89. The average Bonchev–Trinajstić information content (AvgIpc) is 2.92. The number of piperazine rings is 1. The summed E-state index contributed by atoms with van der Waals surface area (Å²) in [7, 11) is 0. The van der Waals surface area contributed by atoms with E-state index in [1.165, 1.54) is 0 Å². The SMILES string of the molecule is O=C(NCCc1cnc[nH]1)C(=O)N1CCNCC1. The molecule has 1 saturated heterocycles. The van der Waals surface area contributed by atoms with Crippen molar-refractivity contribution in [2.45, 2.75) is 6.42 Å². The number of nitrogens with one attached hydrogen (secondary N) is 3. The second-order valence-electron chi connectivity index (χ2n) is 4.12. The number of aromatic nitrogens is 2. The predicted molar refractivity (Wildman–Crippen MR) is 64.8 cm³/mol. The first kappa shape index (κ1) is 12.6. The van der Waals surface area contributed by atoms with Crippen molar-refractivity contribution in [3.05, 3.63) is 18.2 Å². The Bertz CT molecular complexity index is 398. The fourth-order valence-electron chi connectivity index (χ4n) is 1.82. The summed E-state index contributed by atoms with van der Waals surface area (Å²) in [6.45, 7) is 3.10. The van der Waals surface area contributed by atoms with E-state index in [0.29, 0.717) is 26.1 Å². The first-order chi connectivity index (χ1) is 8.77. The molecule has 0 saturated carbocycles. The Morgan fingerprint density at radius 3 is 2.83 bits per heavy atom. The Morgan fingerprint density at radius 2 is 2.17 bits per heavy atom. The van der Waals surface area contributed by atoms with Crippen LogP contribution in [0.4, 0.5) is 0 Å². The van der Waals surface area contributed by atoms with Crippen LogP contribution in [-0.4, -0.2) is 59.4 Å². The Kier molecular flexibility index (Phi) is 4.30. The number of hydrogen-bond acceptors (Lipinski definition) is 4. The third-order valence-corrected chi connectivity index (χ3v) is 2.83. The molecular weight excluding hydrogens is 234 g/mol. The highest BCUT2D eigenvalue weighted by Gasteiger charge is 2.22. The molecule has 0 aliphatic carbocycles. The molecule has 2 amide bonds. The number of carbonyl (C=O) groups is 2. The minimum atomic E-state index is -0.531. The van der Waals surface area contributed by atoms with Crippen LogP contribution in [0.5, 0.6) is 0 Å². The topological polar surface area (TPSA) is 90.1 Å². The maximum atomic E-state index is 11.8. The van der Waals surface area contributed by atoms with Gasteiger partial charge in [0, 0.05) is 51.0 Å². The van der Waals surface area contributed by atoms with Gasteiger partial charge in [0.2, 0.25) is 0 Å². The van der Waals surface area contributed by atoms with E-state index >= 15 is 0 Å². The molecule has 0 bridgehead atoms. The average molecular weight is 251 g/mol. The van der Waals surface area contributed by atoms with Crippen molar-refractivity contribution in [3.63, 3.8) is 0 Å². The van der Waals surface area contributed by atoms with Crippen LogP contribution in [0.2, 0.25) is 0 Å². The number of imidazole rings is 1. The summed E-state index contributed by atoms with van der Waals surface area (Å²) in [5.74, 6) is -0.975. The summed E-state index contributed by atoms with van der Waals surface area (Å²) >= 11 is 0. The lowest BCUT2D eigenvalue weighted by molar-refractivity contribution is -0.146. The second kappa shape index (κ2) is 6.15. The quantitative estimate of drug-likeness (QED) is 0.570. The van der Waals surface area contributed by atoms with Crippen molar-refractivity contribution in [1.29, 1.82) is 0 Å². The summed E-state index contributed by atoms with van der Waals surface area (Å²) in [5, 5.41) is 5.75. The minimum Gasteiger partial charge on any atom is -0.348 e. The molecule has 0 unspecified atom stereocenters. The van der Waals surface area contributed by atoms with E-state index < -0.39 is 11.8 Å².